The summed E-state index contributed by atoms with van der Waals surface area (Å²) in [5.74, 6) is -3.14. The smallest absolute Gasteiger partial charge is 0.287 e. The Balaban J connectivity index is 2.59. The molecule has 1 aromatic rings. The Hall–Kier alpha value is -0.830. The molecule has 0 aromatic heterocycles. The number of alkyl halides is 2. The first-order valence-electron chi connectivity index (χ1n) is 4.73. The normalized spacial score (nSPS) is 23.1. The summed E-state index contributed by atoms with van der Waals surface area (Å²) in [6, 6.07) is 3.32. The van der Waals surface area contributed by atoms with Crippen LogP contribution in [0.1, 0.15) is 24.0 Å². The number of halogens is 3. The van der Waals surface area contributed by atoms with Crippen LogP contribution in [0, 0.1) is 6.92 Å². The van der Waals surface area contributed by atoms with E-state index in [0.29, 0.717) is 21.9 Å². The van der Waals surface area contributed by atoms with Gasteiger partial charge in [-0.05, 0) is 24.6 Å². The van der Waals surface area contributed by atoms with Crippen molar-refractivity contribution in [2.45, 2.75) is 25.7 Å². The Morgan fingerprint density at radius 1 is 1.47 bits per heavy atom. The first-order chi connectivity index (χ1) is 6.93. The van der Waals surface area contributed by atoms with E-state index in [-0.39, 0.29) is 0 Å². The minimum atomic E-state index is -2.82. The van der Waals surface area contributed by atoms with Crippen molar-refractivity contribution < 1.29 is 13.5 Å². The molecule has 1 heterocycles. The van der Waals surface area contributed by atoms with Gasteiger partial charge < -0.3 is 4.74 Å². The van der Waals surface area contributed by atoms with Gasteiger partial charge in [0.05, 0.1) is 5.92 Å². The molecule has 1 nitrogen and oxygen atoms in total. The topological polar surface area (TPSA) is 9.23 Å². The van der Waals surface area contributed by atoms with E-state index in [4.69, 9.17) is 16.3 Å². The molecule has 0 spiro atoms. The number of rotatable bonds is 0. The van der Waals surface area contributed by atoms with Gasteiger partial charge in [0.25, 0.3) is 5.92 Å². The van der Waals surface area contributed by atoms with Crippen LogP contribution >= 0.6 is 11.6 Å². The van der Waals surface area contributed by atoms with E-state index in [1.54, 1.807) is 19.1 Å². The van der Waals surface area contributed by atoms with Gasteiger partial charge in [-0.15, -0.1) is 0 Å². The second-order valence-electron chi connectivity index (χ2n) is 3.86. The highest BCUT2D eigenvalue weighted by molar-refractivity contribution is 6.31. The molecule has 1 atom stereocenters. The van der Waals surface area contributed by atoms with Crippen LogP contribution in [0.4, 0.5) is 8.78 Å². The molecule has 1 aliphatic heterocycles. The monoisotopic (exact) mass is 232 g/mol. The largest absolute Gasteiger partial charge is 0.487 e. The zero-order chi connectivity index (χ0) is 11.2. The fourth-order valence-corrected chi connectivity index (χ4v) is 2.02. The van der Waals surface area contributed by atoms with E-state index >= 15 is 0 Å². The van der Waals surface area contributed by atoms with Crippen LogP contribution in [0.2, 0.25) is 5.02 Å². The van der Waals surface area contributed by atoms with E-state index < -0.39 is 18.4 Å². The van der Waals surface area contributed by atoms with Gasteiger partial charge in [0, 0.05) is 10.6 Å². The molecule has 0 N–H and O–H groups in total. The average molecular weight is 233 g/mol. The Bertz CT molecular complexity index is 404. The van der Waals surface area contributed by atoms with E-state index in [2.05, 4.69) is 0 Å². The number of hydrogen-bond donors (Lipinski definition) is 0. The van der Waals surface area contributed by atoms with Crippen molar-refractivity contribution in [3.63, 3.8) is 0 Å². The highest BCUT2D eigenvalue weighted by atomic mass is 35.5. The first kappa shape index (κ1) is 10.7. The van der Waals surface area contributed by atoms with E-state index in [9.17, 15) is 8.78 Å². The Morgan fingerprint density at radius 2 is 2.13 bits per heavy atom. The van der Waals surface area contributed by atoms with Gasteiger partial charge in [-0.25, -0.2) is 8.78 Å². The molecule has 0 aliphatic carbocycles. The molecule has 0 saturated heterocycles. The molecule has 1 unspecified atom stereocenters. The summed E-state index contributed by atoms with van der Waals surface area (Å²) in [4.78, 5) is 0. The lowest BCUT2D eigenvalue weighted by Gasteiger charge is -2.32. The Morgan fingerprint density at radius 3 is 2.80 bits per heavy atom. The molecule has 82 valence electrons. The third kappa shape index (κ3) is 1.59. The van der Waals surface area contributed by atoms with Gasteiger partial charge >= 0.3 is 0 Å². The van der Waals surface area contributed by atoms with E-state index in [1.807, 2.05) is 0 Å². The molecular weight excluding hydrogens is 222 g/mol. The first-order valence-corrected chi connectivity index (χ1v) is 5.11. The summed E-state index contributed by atoms with van der Waals surface area (Å²) < 4.78 is 31.9. The molecular formula is C11H11ClF2O. The minimum Gasteiger partial charge on any atom is -0.487 e. The molecule has 0 radical (unpaired) electrons. The standard InChI is InChI=1S/C11H11ClF2O/c1-6-8(12)3-4-9-10(6)7(2)11(13,14)5-15-9/h3-4,7H,5H2,1-2H3. The van der Waals surface area contributed by atoms with Crippen LogP contribution < -0.4 is 4.74 Å². The van der Waals surface area contributed by atoms with Crippen molar-refractivity contribution in [3.8, 4) is 5.75 Å². The van der Waals surface area contributed by atoms with E-state index in [1.165, 1.54) is 6.92 Å². The summed E-state index contributed by atoms with van der Waals surface area (Å²) >= 11 is 5.90. The maximum Gasteiger partial charge on any atom is 0.287 e. The van der Waals surface area contributed by atoms with Gasteiger partial charge in [-0.3, -0.25) is 0 Å². The van der Waals surface area contributed by atoms with Crippen LogP contribution in [0.15, 0.2) is 12.1 Å². The average Bonchev–Trinajstić information content (AvgIpc) is 2.17. The molecule has 0 fully saturated rings. The maximum atomic E-state index is 13.4. The number of hydrogen-bond acceptors (Lipinski definition) is 1. The van der Waals surface area contributed by atoms with Gasteiger partial charge in [-0.2, -0.15) is 0 Å². The lowest BCUT2D eigenvalue weighted by atomic mass is 9.88. The second-order valence-corrected chi connectivity index (χ2v) is 4.26. The van der Waals surface area contributed by atoms with Crippen molar-refractivity contribution in [3.05, 3.63) is 28.3 Å². The minimum absolute atomic E-state index is 0.502. The van der Waals surface area contributed by atoms with Gasteiger partial charge in [0.1, 0.15) is 5.75 Å². The Labute approximate surface area is 92.0 Å². The number of fused-ring (bicyclic) bond motifs is 1. The lowest BCUT2D eigenvalue weighted by Crippen LogP contribution is -2.36. The van der Waals surface area contributed by atoms with Crippen molar-refractivity contribution >= 4 is 11.6 Å². The zero-order valence-corrected chi connectivity index (χ0v) is 9.24. The SMILES string of the molecule is Cc1c(Cl)ccc2c1C(C)C(F)(F)CO2. The van der Waals surface area contributed by atoms with Crippen LogP contribution in [-0.2, 0) is 0 Å². The van der Waals surface area contributed by atoms with Crippen molar-refractivity contribution in [1.82, 2.24) is 0 Å². The van der Waals surface area contributed by atoms with Crippen molar-refractivity contribution in [2.24, 2.45) is 0 Å². The fourth-order valence-electron chi connectivity index (χ4n) is 1.85. The predicted molar refractivity (Wildman–Crippen MR) is 55.0 cm³/mol. The molecule has 1 aromatic carbocycles. The van der Waals surface area contributed by atoms with Gasteiger partial charge in [0.15, 0.2) is 6.61 Å². The predicted octanol–water partition coefficient (Wildman–Crippen LogP) is 3.78. The van der Waals surface area contributed by atoms with Crippen LogP contribution in [-0.4, -0.2) is 12.5 Å². The maximum absolute atomic E-state index is 13.4. The van der Waals surface area contributed by atoms with Crippen LogP contribution in [0.5, 0.6) is 5.75 Å². The third-order valence-corrected chi connectivity index (χ3v) is 3.30. The number of ether oxygens (including phenoxy) is 1. The van der Waals surface area contributed by atoms with Crippen LogP contribution in [0.25, 0.3) is 0 Å². The zero-order valence-electron chi connectivity index (χ0n) is 8.48. The summed E-state index contributed by atoms with van der Waals surface area (Å²) in [6.07, 6.45) is 0. The highest BCUT2D eigenvalue weighted by Gasteiger charge is 2.44. The molecule has 4 heteroatoms. The lowest BCUT2D eigenvalue weighted by molar-refractivity contribution is -0.0724. The molecule has 15 heavy (non-hydrogen) atoms. The van der Waals surface area contributed by atoms with Crippen molar-refractivity contribution in [1.29, 1.82) is 0 Å². The summed E-state index contributed by atoms with van der Waals surface area (Å²) in [5, 5.41) is 0.502. The summed E-state index contributed by atoms with van der Waals surface area (Å²) in [7, 11) is 0. The van der Waals surface area contributed by atoms with Crippen molar-refractivity contribution in [2.75, 3.05) is 6.61 Å². The van der Waals surface area contributed by atoms with E-state index in [0.717, 1.165) is 0 Å². The summed E-state index contributed by atoms with van der Waals surface area (Å²) in [6.45, 7) is 2.69. The molecule has 0 bridgehead atoms. The highest BCUT2D eigenvalue weighted by Crippen LogP contribution is 2.45. The van der Waals surface area contributed by atoms with Gasteiger partial charge in [-0.1, -0.05) is 18.5 Å². The quantitative estimate of drug-likeness (QED) is 0.662. The summed E-state index contributed by atoms with van der Waals surface area (Å²) in [5.41, 5.74) is 1.21. The second kappa shape index (κ2) is 3.34. The van der Waals surface area contributed by atoms with Crippen LogP contribution in [0.3, 0.4) is 0 Å². The molecule has 0 amide bonds. The molecule has 1 aliphatic rings. The Kier molecular flexibility index (Phi) is 2.38. The molecule has 0 saturated carbocycles. The number of benzene rings is 1. The molecule has 2 rings (SSSR count). The fraction of sp³-hybridized carbons (Fsp3) is 0.455. The van der Waals surface area contributed by atoms with Gasteiger partial charge in [0.2, 0.25) is 0 Å². The third-order valence-electron chi connectivity index (χ3n) is 2.90.